The molecule has 0 saturated carbocycles. The van der Waals surface area contributed by atoms with Crippen LogP contribution < -0.4 is 15.4 Å². The van der Waals surface area contributed by atoms with E-state index in [1.165, 1.54) is 12.1 Å². The summed E-state index contributed by atoms with van der Waals surface area (Å²) in [7, 11) is 0. The summed E-state index contributed by atoms with van der Waals surface area (Å²) in [6, 6.07) is 13.8. The van der Waals surface area contributed by atoms with Gasteiger partial charge in [0.1, 0.15) is 11.6 Å². The normalized spacial score (nSPS) is 12.9. The molecule has 9 heteroatoms. The standard InChI is InChI=1S/C22H27F2N5O2/c1-2-25-22(26-13-5-8-20-28-17-6-3-4-7-18(17)29-20)27-14-19(30)15-9-11-16(12-10-15)31-21(23)24/h3-4,6-7,9-12,19,21,30H,2,5,8,13-14H2,1H3,(H,28,29)(H2,25,26,27). The number of aromatic amines is 1. The van der Waals surface area contributed by atoms with Crippen molar-refractivity contribution in [1.29, 1.82) is 0 Å². The van der Waals surface area contributed by atoms with Crippen LogP contribution in [0.3, 0.4) is 0 Å². The minimum Gasteiger partial charge on any atom is -0.435 e. The second kappa shape index (κ2) is 11.3. The molecule has 1 unspecified atom stereocenters. The number of nitrogens with zero attached hydrogens (tertiary/aromatic N) is 2. The van der Waals surface area contributed by atoms with Crippen molar-refractivity contribution in [3.05, 3.63) is 59.9 Å². The van der Waals surface area contributed by atoms with Crippen LogP contribution >= 0.6 is 0 Å². The van der Waals surface area contributed by atoms with Crippen LogP contribution in [-0.4, -0.2) is 47.3 Å². The Morgan fingerprint density at radius 2 is 1.94 bits per heavy atom. The van der Waals surface area contributed by atoms with Crippen molar-refractivity contribution < 1.29 is 18.6 Å². The van der Waals surface area contributed by atoms with Crippen LogP contribution in [0.1, 0.15) is 30.8 Å². The number of H-pyrrole nitrogens is 1. The van der Waals surface area contributed by atoms with Gasteiger partial charge in [0.15, 0.2) is 5.96 Å². The molecule has 0 aliphatic carbocycles. The molecule has 31 heavy (non-hydrogen) atoms. The third-order valence-corrected chi connectivity index (χ3v) is 4.58. The predicted octanol–water partition coefficient (Wildman–Crippen LogP) is 3.39. The van der Waals surface area contributed by atoms with E-state index in [4.69, 9.17) is 0 Å². The molecule has 3 rings (SSSR count). The first-order valence-electron chi connectivity index (χ1n) is 10.2. The zero-order valence-electron chi connectivity index (χ0n) is 17.3. The highest BCUT2D eigenvalue weighted by Crippen LogP contribution is 2.19. The minimum atomic E-state index is -2.87. The van der Waals surface area contributed by atoms with Crippen molar-refractivity contribution in [2.75, 3.05) is 19.6 Å². The lowest BCUT2D eigenvalue weighted by Gasteiger charge is -2.13. The molecule has 3 aromatic rings. The Bertz CT molecular complexity index is 942. The first kappa shape index (κ1) is 22.5. The molecule has 0 amide bonds. The van der Waals surface area contributed by atoms with Gasteiger partial charge in [-0.1, -0.05) is 24.3 Å². The number of alkyl halides is 2. The molecular weight excluding hydrogens is 404 g/mol. The summed E-state index contributed by atoms with van der Waals surface area (Å²) in [5, 5.41) is 16.7. The second-order valence-electron chi connectivity index (χ2n) is 6.91. The van der Waals surface area contributed by atoms with Gasteiger partial charge in [0.05, 0.1) is 23.7 Å². The van der Waals surface area contributed by atoms with Gasteiger partial charge in [0.25, 0.3) is 0 Å². The molecule has 166 valence electrons. The number of imidazole rings is 1. The van der Waals surface area contributed by atoms with Gasteiger partial charge in [-0.3, -0.25) is 4.99 Å². The summed E-state index contributed by atoms with van der Waals surface area (Å²) in [5.41, 5.74) is 2.57. The maximum absolute atomic E-state index is 12.2. The molecule has 1 atom stereocenters. The van der Waals surface area contributed by atoms with E-state index in [1.807, 2.05) is 31.2 Å². The molecule has 2 aromatic carbocycles. The van der Waals surface area contributed by atoms with Crippen LogP contribution in [0.2, 0.25) is 0 Å². The molecule has 0 saturated heterocycles. The number of aliphatic hydroxyl groups is 1. The number of aliphatic imine (C=N–C) groups is 1. The number of rotatable bonds is 10. The highest BCUT2D eigenvalue weighted by atomic mass is 19.3. The van der Waals surface area contributed by atoms with E-state index in [9.17, 15) is 13.9 Å². The number of halogens is 2. The SMILES string of the molecule is CCNC(=NCC(O)c1ccc(OC(F)F)cc1)NCCCc1nc2ccccc2[nH]1. The minimum absolute atomic E-state index is 0.0499. The van der Waals surface area contributed by atoms with Crippen LogP contribution in [0.4, 0.5) is 8.78 Å². The number of aliphatic hydroxyl groups excluding tert-OH is 1. The molecule has 0 radical (unpaired) electrons. The zero-order chi connectivity index (χ0) is 22.1. The van der Waals surface area contributed by atoms with E-state index in [0.717, 1.165) is 29.7 Å². The van der Waals surface area contributed by atoms with Gasteiger partial charge in [-0.15, -0.1) is 0 Å². The lowest BCUT2D eigenvalue weighted by Crippen LogP contribution is -2.38. The fourth-order valence-electron chi connectivity index (χ4n) is 3.08. The third-order valence-electron chi connectivity index (χ3n) is 4.58. The quantitative estimate of drug-likeness (QED) is 0.224. The molecule has 0 bridgehead atoms. The maximum Gasteiger partial charge on any atom is 0.387 e. The molecule has 0 fully saturated rings. The first-order chi connectivity index (χ1) is 15.0. The number of hydrogen-bond donors (Lipinski definition) is 4. The predicted molar refractivity (Wildman–Crippen MR) is 116 cm³/mol. The van der Waals surface area contributed by atoms with Crippen molar-refractivity contribution in [2.24, 2.45) is 4.99 Å². The molecule has 4 N–H and O–H groups in total. The van der Waals surface area contributed by atoms with Crippen molar-refractivity contribution in [3.8, 4) is 5.75 Å². The van der Waals surface area contributed by atoms with Crippen molar-refractivity contribution in [3.63, 3.8) is 0 Å². The lowest BCUT2D eigenvalue weighted by atomic mass is 10.1. The van der Waals surface area contributed by atoms with Gasteiger partial charge >= 0.3 is 6.61 Å². The van der Waals surface area contributed by atoms with E-state index in [2.05, 4.69) is 30.3 Å². The number of benzene rings is 2. The van der Waals surface area contributed by atoms with Gasteiger partial charge in [-0.2, -0.15) is 8.78 Å². The fraction of sp³-hybridized carbons (Fsp3) is 0.364. The average Bonchev–Trinajstić information content (AvgIpc) is 3.17. The Morgan fingerprint density at radius 1 is 1.16 bits per heavy atom. The van der Waals surface area contributed by atoms with Crippen molar-refractivity contribution >= 4 is 17.0 Å². The Balaban J connectivity index is 1.47. The van der Waals surface area contributed by atoms with Crippen LogP contribution in [0.5, 0.6) is 5.75 Å². The van der Waals surface area contributed by atoms with Gasteiger partial charge in [-0.05, 0) is 43.2 Å². The summed E-state index contributed by atoms with van der Waals surface area (Å²) < 4.78 is 28.8. The highest BCUT2D eigenvalue weighted by Gasteiger charge is 2.10. The lowest BCUT2D eigenvalue weighted by molar-refractivity contribution is -0.0498. The Kier molecular flexibility index (Phi) is 8.17. The monoisotopic (exact) mass is 431 g/mol. The van der Waals surface area contributed by atoms with Gasteiger partial charge < -0.3 is 25.5 Å². The maximum atomic E-state index is 12.2. The van der Waals surface area contributed by atoms with Crippen LogP contribution in [0, 0.1) is 0 Å². The Labute approximate surface area is 179 Å². The highest BCUT2D eigenvalue weighted by molar-refractivity contribution is 5.79. The molecule has 0 aliphatic rings. The number of para-hydroxylation sites is 2. The van der Waals surface area contributed by atoms with E-state index in [1.54, 1.807) is 12.1 Å². The number of hydrogen-bond acceptors (Lipinski definition) is 4. The number of nitrogens with one attached hydrogen (secondary N) is 3. The summed E-state index contributed by atoms with van der Waals surface area (Å²) in [6.45, 7) is 0.600. The largest absolute Gasteiger partial charge is 0.435 e. The molecule has 1 aromatic heterocycles. The number of aryl methyl sites for hydroxylation is 1. The molecule has 7 nitrogen and oxygen atoms in total. The van der Waals surface area contributed by atoms with Crippen molar-refractivity contribution in [2.45, 2.75) is 32.5 Å². The Hall–Kier alpha value is -3.20. The van der Waals surface area contributed by atoms with E-state index < -0.39 is 12.7 Å². The third kappa shape index (κ3) is 6.92. The molecular formula is C22H27F2N5O2. The summed E-state index contributed by atoms with van der Waals surface area (Å²) in [6.07, 6.45) is 0.807. The fourth-order valence-corrected chi connectivity index (χ4v) is 3.08. The summed E-state index contributed by atoms with van der Waals surface area (Å²) in [5.74, 6) is 1.59. The van der Waals surface area contributed by atoms with Gasteiger partial charge in [0.2, 0.25) is 0 Å². The zero-order valence-corrected chi connectivity index (χ0v) is 17.3. The first-order valence-corrected chi connectivity index (χ1v) is 10.2. The number of fused-ring (bicyclic) bond motifs is 1. The molecule has 0 aliphatic heterocycles. The smallest absolute Gasteiger partial charge is 0.387 e. The number of ether oxygens (including phenoxy) is 1. The van der Waals surface area contributed by atoms with E-state index >= 15 is 0 Å². The topological polar surface area (TPSA) is 94.6 Å². The van der Waals surface area contributed by atoms with E-state index in [-0.39, 0.29) is 12.3 Å². The summed E-state index contributed by atoms with van der Waals surface area (Å²) in [4.78, 5) is 12.3. The van der Waals surface area contributed by atoms with E-state index in [0.29, 0.717) is 24.6 Å². The van der Waals surface area contributed by atoms with Crippen LogP contribution in [-0.2, 0) is 6.42 Å². The summed E-state index contributed by atoms with van der Waals surface area (Å²) >= 11 is 0. The second-order valence-corrected chi connectivity index (χ2v) is 6.91. The van der Waals surface area contributed by atoms with Gasteiger partial charge in [0, 0.05) is 19.5 Å². The average molecular weight is 431 g/mol. The van der Waals surface area contributed by atoms with Crippen LogP contribution in [0.15, 0.2) is 53.5 Å². The number of aromatic nitrogens is 2. The van der Waals surface area contributed by atoms with Gasteiger partial charge in [-0.25, -0.2) is 4.98 Å². The Morgan fingerprint density at radius 3 is 2.65 bits per heavy atom. The number of guanidine groups is 1. The van der Waals surface area contributed by atoms with Crippen LogP contribution in [0.25, 0.3) is 11.0 Å². The van der Waals surface area contributed by atoms with Crippen molar-refractivity contribution in [1.82, 2.24) is 20.6 Å². The molecule has 0 spiro atoms. The molecule has 1 heterocycles.